The van der Waals surface area contributed by atoms with Gasteiger partial charge in [-0.3, -0.25) is 0 Å². The van der Waals surface area contributed by atoms with Crippen LogP contribution in [0.4, 0.5) is 4.39 Å². The molecule has 1 aromatic rings. The van der Waals surface area contributed by atoms with Crippen LogP contribution in [0.15, 0.2) is 12.1 Å². The molecule has 5 heteroatoms. The molecule has 19 heavy (non-hydrogen) atoms. The molecule has 1 saturated heterocycles. The van der Waals surface area contributed by atoms with E-state index >= 15 is 0 Å². The largest absolute Gasteiger partial charge is 0.486 e. The van der Waals surface area contributed by atoms with Gasteiger partial charge in [-0.2, -0.15) is 0 Å². The number of ether oxygens (including phenoxy) is 2. The van der Waals surface area contributed by atoms with E-state index in [0.29, 0.717) is 19.0 Å². The molecule has 104 valence electrons. The number of rotatable bonds is 3. The van der Waals surface area contributed by atoms with Crippen molar-refractivity contribution >= 4 is 0 Å². The summed E-state index contributed by atoms with van der Waals surface area (Å²) in [6.45, 7) is 6.12. The fourth-order valence-electron chi connectivity index (χ4n) is 2.57. The van der Waals surface area contributed by atoms with Crippen LogP contribution in [0, 0.1) is 5.82 Å². The van der Waals surface area contributed by atoms with E-state index in [4.69, 9.17) is 9.47 Å². The summed E-state index contributed by atoms with van der Waals surface area (Å²) in [5, 5.41) is 3.33. The van der Waals surface area contributed by atoms with Crippen molar-refractivity contribution in [1.82, 2.24) is 10.2 Å². The minimum atomic E-state index is -0.333. The fourth-order valence-corrected chi connectivity index (χ4v) is 2.57. The second kappa shape index (κ2) is 5.75. The molecule has 2 aliphatic heterocycles. The normalized spacial score (nSPS) is 19.4. The van der Waals surface area contributed by atoms with Crippen LogP contribution in [0.5, 0.6) is 11.5 Å². The minimum absolute atomic E-state index is 0.282. The SMILES string of the molecule is Fc1ccc(CCN2CCNCC2)c2c1OCCO2. The first-order valence-corrected chi connectivity index (χ1v) is 6.84. The van der Waals surface area contributed by atoms with Gasteiger partial charge in [-0.25, -0.2) is 4.39 Å². The van der Waals surface area contributed by atoms with E-state index in [9.17, 15) is 4.39 Å². The van der Waals surface area contributed by atoms with Gasteiger partial charge in [0.15, 0.2) is 17.3 Å². The molecule has 0 amide bonds. The minimum Gasteiger partial charge on any atom is -0.486 e. The predicted molar refractivity (Wildman–Crippen MR) is 70.4 cm³/mol. The van der Waals surface area contributed by atoms with Crippen LogP contribution in [0.3, 0.4) is 0 Å². The van der Waals surface area contributed by atoms with Crippen LogP contribution in [-0.4, -0.2) is 50.8 Å². The molecule has 0 aromatic heterocycles. The Hall–Kier alpha value is -1.33. The summed E-state index contributed by atoms with van der Waals surface area (Å²) in [6, 6.07) is 3.28. The molecule has 2 aliphatic rings. The van der Waals surface area contributed by atoms with Crippen molar-refractivity contribution < 1.29 is 13.9 Å². The summed E-state index contributed by atoms with van der Waals surface area (Å²) in [4.78, 5) is 2.41. The standard InChI is InChI=1S/C14H19FN2O2/c15-12-2-1-11(13-14(12)19-10-9-18-13)3-6-17-7-4-16-5-8-17/h1-2,16H,3-10H2. The van der Waals surface area contributed by atoms with Crippen molar-refractivity contribution in [3.05, 3.63) is 23.5 Å². The van der Waals surface area contributed by atoms with Gasteiger partial charge in [0.1, 0.15) is 13.2 Å². The molecule has 0 saturated carbocycles. The van der Waals surface area contributed by atoms with Gasteiger partial charge in [0.2, 0.25) is 0 Å². The predicted octanol–water partition coefficient (Wildman–Crippen LogP) is 1.04. The van der Waals surface area contributed by atoms with E-state index in [-0.39, 0.29) is 11.6 Å². The number of nitrogens with one attached hydrogen (secondary N) is 1. The monoisotopic (exact) mass is 266 g/mol. The fraction of sp³-hybridized carbons (Fsp3) is 0.571. The van der Waals surface area contributed by atoms with Gasteiger partial charge >= 0.3 is 0 Å². The zero-order chi connectivity index (χ0) is 13.1. The summed E-state index contributed by atoms with van der Waals surface area (Å²) in [5.41, 5.74) is 1.04. The van der Waals surface area contributed by atoms with Crippen LogP contribution in [0.25, 0.3) is 0 Å². The Morgan fingerprint density at radius 2 is 1.84 bits per heavy atom. The van der Waals surface area contributed by atoms with E-state index in [1.807, 2.05) is 6.07 Å². The molecule has 1 fully saturated rings. The number of halogens is 1. The van der Waals surface area contributed by atoms with E-state index in [1.54, 1.807) is 0 Å². The molecule has 1 aromatic carbocycles. The highest BCUT2D eigenvalue weighted by Crippen LogP contribution is 2.36. The van der Waals surface area contributed by atoms with E-state index in [0.717, 1.165) is 44.7 Å². The highest BCUT2D eigenvalue weighted by molar-refractivity contribution is 5.48. The Balaban J connectivity index is 1.70. The van der Waals surface area contributed by atoms with Crippen LogP contribution < -0.4 is 14.8 Å². The number of hydrogen-bond donors (Lipinski definition) is 1. The molecule has 0 bridgehead atoms. The van der Waals surface area contributed by atoms with Gasteiger partial charge in [-0.05, 0) is 18.1 Å². The van der Waals surface area contributed by atoms with Crippen LogP contribution in [-0.2, 0) is 6.42 Å². The molecule has 3 rings (SSSR count). The molecular weight excluding hydrogens is 247 g/mol. The Kier molecular flexibility index (Phi) is 3.84. The first kappa shape index (κ1) is 12.7. The lowest BCUT2D eigenvalue weighted by molar-refractivity contribution is 0.162. The molecule has 0 radical (unpaired) electrons. The van der Waals surface area contributed by atoms with E-state index < -0.39 is 0 Å². The van der Waals surface area contributed by atoms with Gasteiger partial charge in [-0.1, -0.05) is 6.07 Å². The summed E-state index contributed by atoms with van der Waals surface area (Å²) in [7, 11) is 0. The lowest BCUT2D eigenvalue weighted by atomic mass is 10.1. The van der Waals surface area contributed by atoms with Crippen LogP contribution in [0.1, 0.15) is 5.56 Å². The summed E-state index contributed by atoms with van der Waals surface area (Å²) < 4.78 is 24.6. The Morgan fingerprint density at radius 3 is 2.63 bits per heavy atom. The number of piperazine rings is 1. The lowest BCUT2D eigenvalue weighted by Gasteiger charge is -2.28. The number of fused-ring (bicyclic) bond motifs is 1. The second-order valence-corrected chi connectivity index (χ2v) is 4.90. The average molecular weight is 266 g/mol. The topological polar surface area (TPSA) is 33.7 Å². The molecule has 4 nitrogen and oxygen atoms in total. The van der Waals surface area contributed by atoms with Crippen LogP contribution in [0.2, 0.25) is 0 Å². The Labute approximate surface area is 112 Å². The van der Waals surface area contributed by atoms with Crippen LogP contribution >= 0.6 is 0 Å². The van der Waals surface area contributed by atoms with Gasteiger partial charge < -0.3 is 19.7 Å². The van der Waals surface area contributed by atoms with Gasteiger partial charge in [-0.15, -0.1) is 0 Å². The zero-order valence-corrected chi connectivity index (χ0v) is 11.0. The third-order valence-electron chi connectivity index (χ3n) is 3.63. The molecule has 0 aliphatic carbocycles. The second-order valence-electron chi connectivity index (χ2n) is 4.90. The molecular formula is C14H19FN2O2. The maximum absolute atomic E-state index is 13.6. The molecule has 0 atom stereocenters. The first-order chi connectivity index (χ1) is 9.34. The van der Waals surface area contributed by atoms with Crippen molar-refractivity contribution in [2.75, 3.05) is 45.9 Å². The molecule has 0 unspecified atom stereocenters. The number of hydrogen-bond acceptors (Lipinski definition) is 4. The summed E-state index contributed by atoms with van der Waals surface area (Å²) >= 11 is 0. The highest BCUT2D eigenvalue weighted by atomic mass is 19.1. The molecule has 2 heterocycles. The number of benzene rings is 1. The van der Waals surface area contributed by atoms with Crippen molar-refractivity contribution in [2.24, 2.45) is 0 Å². The smallest absolute Gasteiger partial charge is 0.197 e. The maximum Gasteiger partial charge on any atom is 0.197 e. The number of nitrogens with zero attached hydrogens (tertiary/aromatic N) is 1. The lowest BCUT2D eigenvalue weighted by Crippen LogP contribution is -2.44. The van der Waals surface area contributed by atoms with Gasteiger partial charge in [0.05, 0.1) is 0 Å². The van der Waals surface area contributed by atoms with Crippen molar-refractivity contribution in [3.8, 4) is 11.5 Å². The highest BCUT2D eigenvalue weighted by Gasteiger charge is 2.20. The Morgan fingerprint density at radius 1 is 1.11 bits per heavy atom. The zero-order valence-electron chi connectivity index (χ0n) is 11.0. The first-order valence-electron chi connectivity index (χ1n) is 6.84. The maximum atomic E-state index is 13.6. The third kappa shape index (κ3) is 2.82. The van der Waals surface area contributed by atoms with Crippen molar-refractivity contribution in [3.63, 3.8) is 0 Å². The Bertz CT molecular complexity index is 447. The summed E-state index contributed by atoms with van der Waals surface area (Å²) in [5.74, 6) is 0.547. The summed E-state index contributed by atoms with van der Waals surface area (Å²) in [6.07, 6.45) is 0.867. The van der Waals surface area contributed by atoms with E-state index in [1.165, 1.54) is 6.07 Å². The quantitative estimate of drug-likeness (QED) is 0.886. The van der Waals surface area contributed by atoms with Crippen molar-refractivity contribution in [1.29, 1.82) is 0 Å². The van der Waals surface area contributed by atoms with Gasteiger partial charge in [0, 0.05) is 32.7 Å². The van der Waals surface area contributed by atoms with E-state index in [2.05, 4.69) is 10.2 Å². The average Bonchev–Trinajstić information content (AvgIpc) is 2.48. The third-order valence-corrected chi connectivity index (χ3v) is 3.63. The molecule has 1 N–H and O–H groups in total. The van der Waals surface area contributed by atoms with Crippen molar-refractivity contribution in [2.45, 2.75) is 6.42 Å². The van der Waals surface area contributed by atoms with Gasteiger partial charge in [0.25, 0.3) is 0 Å². The molecule has 0 spiro atoms.